The molecule has 1 heterocycles. The Morgan fingerprint density at radius 2 is 1.86 bits per heavy atom. The summed E-state index contributed by atoms with van der Waals surface area (Å²) in [5, 5.41) is 0. The monoisotopic (exact) mass is 422 g/mol. The molecular weight excluding hydrogens is 398 g/mol. The molecule has 0 aromatic heterocycles. The van der Waals surface area contributed by atoms with E-state index in [1.54, 1.807) is 24.0 Å². The minimum Gasteiger partial charge on any atom is -0.335 e. The number of halogens is 2. The average molecular weight is 422 g/mol. The van der Waals surface area contributed by atoms with Gasteiger partial charge >= 0.3 is 0 Å². The third-order valence-corrected chi connectivity index (χ3v) is 6.63. The number of sulfonamides is 1. The first-order chi connectivity index (χ1) is 13.8. The normalized spacial score (nSPS) is 17.3. The lowest BCUT2D eigenvalue weighted by Gasteiger charge is -2.36. The van der Waals surface area contributed by atoms with Crippen molar-refractivity contribution < 1.29 is 22.0 Å². The molecule has 3 rings (SSSR count). The van der Waals surface area contributed by atoms with E-state index in [2.05, 4.69) is 4.72 Å². The summed E-state index contributed by atoms with van der Waals surface area (Å²) in [4.78, 5) is 14.6. The Labute approximate surface area is 169 Å². The van der Waals surface area contributed by atoms with Crippen molar-refractivity contribution in [2.75, 3.05) is 13.1 Å². The van der Waals surface area contributed by atoms with Crippen LogP contribution in [-0.4, -0.2) is 38.4 Å². The Kier molecular flexibility index (Phi) is 6.64. The Morgan fingerprint density at radius 3 is 2.55 bits per heavy atom. The van der Waals surface area contributed by atoms with E-state index in [0.29, 0.717) is 13.0 Å². The third kappa shape index (κ3) is 5.00. The van der Waals surface area contributed by atoms with Crippen molar-refractivity contribution in [1.82, 2.24) is 9.62 Å². The molecule has 2 aromatic carbocycles. The van der Waals surface area contributed by atoms with E-state index >= 15 is 0 Å². The molecule has 1 N–H and O–H groups in total. The van der Waals surface area contributed by atoms with E-state index in [1.807, 2.05) is 0 Å². The molecule has 1 atom stereocenters. The zero-order valence-electron chi connectivity index (χ0n) is 16.2. The molecule has 0 spiro atoms. The van der Waals surface area contributed by atoms with Gasteiger partial charge in [0.05, 0.1) is 10.5 Å². The van der Waals surface area contributed by atoms with E-state index in [1.165, 1.54) is 12.1 Å². The number of carbonyl (C=O) groups is 1. The van der Waals surface area contributed by atoms with Gasteiger partial charge in [-0.05, 0) is 61.6 Å². The largest absolute Gasteiger partial charge is 0.335 e. The molecule has 1 unspecified atom stereocenters. The van der Waals surface area contributed by atoms with Gasteiger partial charge in [0.2, 0.25) is 10.0 Å². The van der Waals surface area contributed by atoms with E-state index in [0.717, 1.165) is 43.0 Å². The summed E-state index contributed by atoms with van der Waals surface area (Å²) in [5.74, 6) is -1.61. The zero-order valence-corrected chi connectivity index (χ0v) is 17.0. The maximum Gasteiger partial charge on any atom is 0.257 e. The van der Waals surface area contributed by atoms with E-state index in [4.69, 9.17) is 0 Å². The first-order valence-electron chi connectivity index (χ1n) is 9.66. The van der Waals surface area contributed by atoms with Crippen molar-refractivity contribution in [3.8, 4) is 0 Å². The standard InChI is InChI=1S/C21H24F2N2O3S/c1-2-24-29(27,28)18-10-11-20(23)19(14-18)21(26)25-12-4-3-5-17(25)13-15-6-8-16(22)9-7-15/h6-11,14,17,24H,2-5,12-13H2,1H3. The number of hydrogen-bond donors (Lipinski definition) is 1. The van der Waals surface area contributed by atoms with E-state index < -0.39 is 21.7 Å². The maximum atomic E-state index is 14.4. The van der Waals surface area contributed by atoms with Crippen molar-refractivity contribution >= 4 is 15.9 Å². The predicted molar refractivity (Wildman–Crippen MR) is 106 cm³/mol. The number of carbonyl (C=O) groups excluding carboxylic acids is 1. The SMILES string of the molecule is CCNS(=O)(=O)c1ccc(F)c(C(=O)N2CCCCC2Cc2ccc(F)cc2)c1. The number of hydrogen-bond acceptors (Lipinski definition) is 3. The maximum absolute atomic E-state index is 14.4. The molecule has 29 heavy (non-hydrogen) atoms. The molecule has 1 aliphatic heterocycles. The Hall–Kier alpha value is -2.32. The molecule has 5 nitrogen and oxygen atoms in total. The van der Waals surface area contributed by atoms with Crippen molar-refractivity contribution in [1.29, 1.82) is 0 Å². The number of nitrogens with zero attached hydrogens (tertiary/aromatic N) is 1. The number of likely N-dealkylation sites (tertiary alicyclic amines) is 1. The fourth-order valence-electron chi connectivity index (χ4n) is 3.64. The van der Waals surface area contributed by atoms with Gasteiger partial charge in [-0.15, -0.1) is 0 Å². The third-order valence-electron chi connectivity index (χ3n) is 5.09. The molecule has 0 aliphatic carbocycles. The minimum atomic E-state index is -3.80. The van der Waals surface area contributed by atoms with Crippen LogP contribution < -0.4 is 4.72 Å². The van der Waals surface area contributed by atoms with Crippen LogP contribution in [0.4, 0.5) is 8.78 Å². The number of piperidine rings is 1. The predicted octanol–water partition coefficient (Wildman–Crippen LogP) is 3.50. The van der Waals surface area contributed by atoms with Crippen LogP contribution in [0.25, 0.3) is 0 Å². The Balaban J connectivity index is 1.87. The highest BCUT2D eigenvalue weighted by molar-refractivity contribution is 7.89. The lowest BCUT2D eigenvalue weighted by molar-refractivity contribution is 0.0608. The highest BCUT2D eigenvalue weighted by Gasteiger charge is 2.30. The highest BCUT2D eigenvalue weighted by atomic mass is 32.2. The lowest BCUT2D eigenvalue weighted by Crippen LogP contribution is -2.45. The van der Waals surface area contributed by atoms with Crippen LogP contribution in [0, 0.1) is 11.6 Å². The van der Waals surface area contributed by atoms with Gasteiger partial charge in [0.1, 0.15) is 11.6 Å². The topological polar surface area (TPSA) is 66.5 Å². The Bertz CT molecular complexity index is 978. The second-order valence-electron chi connectivity index (χ2n) is 7.12. The summed E-state index contributed by atoms with van der Waals surface area (Å²) in [5.41, 5.74) is 0.634. The van der Waals surface area contributed by atoms with Crippen LogP contribution in [0.3, 0.4) is 0 Å². The van der Waals surface area contributed by atoms with Gasteiger partial charge in [-0.1, -0.05) is 19.1 Å². The van der Waals surface area contributed by atoms with Crippen LogP contribution in [0.1, 0.15) is 42.1 Å². The van der Waals surface area contributed by atoms with Crippen LogP contribution in [0.2, 0.25) is 0 Å². The molecule has 1 saturated heterocycles. The molecule has 1 amide bonds. The molecule has 1 fully saturated rings. The van der Waals surface area contributed by atoms with Crippen molar-refractivity contribution in [2.24, 2.45) is 0 Å². The van der Waals surface area contributed by atoms with Gasteiger partial charge in [0.25, 0.3) is 5.91 Å². The summed E-state index contributed by atoms with van der Waals surface area (Å²) in [6.07, 6.45) is 3.01. The lowest BCUT2D eigenvalue weighted by atomic mass is 9.94. The van der Waals surface area contributed by atoms with Crippen molar-refractivity contribution in [2.45, 2.75) is 43.5 Å². The van der Waals surface area contributed by atoms with Gasteiger partial charge in [0, 0.05) is 19.1 Å². The van der Waals surface area contributed by atoms with Crippen LogP contribution >= 0.6 is 0 Å². The van der Waals surface area contributed by atoms with Gasteiger partial charge in [-0.3, -0.25) is 4.79 Å². The quantitative estimate of drug-likeness (QED) is 0.775. The minimum absolute atomic E-state index is 0.142. The molecule has 0 bridgehead atoms. The first-order valence-corrected chi connectivity index (χ1v) is 11.1. The molecule has 2 aromatic rings. The van der Waals surface area contributed by atoms with Gasteiger partial charge in [-0.25, -0.2) is 21.9 Å². The summed E-state index contributed by atoms with van der Waals surface area (Å²) in [6, 6.07) is 9.20. The van der Waals surface area contributed by atoms with Crippen LogP contribution in [-0.2, 0) is 16.4 Å². The van der Waals surface area contributed by atoms with Gasteiger partial charge < -0.3 is 4.90 Å². The molecule has 0 saturated carbocycles. The zero-order chi connectivity index (χ0) is 21.0. The molecule has 8 heteroatoms. The average Bonchev–Trinajstić information content (AvgIpc) is 2.70. The fourth-order valence-corrected chi connectivity index (χ4v) is 4.70. The second kappa shape index (κ2) is 9.00. The second-order valence-corrected chi connectivity index (χ2v) is 8.89. The number of nitrogens with one attached hydrogen (secondary N) is 1. The smallest absolute Gasteiger partial charge is 0.257 e. The highest BCUT2D eigenvalue weighted by Crippen LogP contribution is 2.25. The van der Waals surface area contributed by atoms with Crippen LogP contribution in [0.5, 0.6) is 0 Å². The Morgan fingerprint density at radius 1 is 1.14 bits per heavy atom. The van der Waals surface area contributed by atoms with Crippen molar-refractivity contribution in [3.05, 3.63) is 65.2 Å². The molecule has 156 valence electrons. The van der Waals surface area contributed by atoms with E-state index in [-0.39, 0.29) is 28.9 Å². The number of rotatable bonds is 6. The summed E-state index contributed by atoms with van der Waals surface area (Å²) >= 11 is 0. The number of amides is 1. The van der Waals surface area contributed by atoms with E-state index in [9.17, 15) is 22.0 Å². The molecule has 1 aliphatic rings. The fraction of sp³-hybridized carbons (Fsp3) is 0.381. The van der Waals surface area contributed by atoms with Gasteiger partial charge in [0.15, 0.2) is 0 Å². The summed E-state index contributed by atoms with van der Waals surface area (Å²) < 4.78 is 54.4. The summed E-state index contributed by atoms with van der Waals surface area (Å²) in [7, 11) is -3.80. The van der Waals surface area contributed by atoms with Gasteiger partial charge in [-0.2, -0.15) is 0 Å². The molecule has 0 radical (unpaired) electrons. The van der Waals surface area contributed by atoms with Crippen LogP contribution in [0.15, 0.2) is 47.4 Å². The summed E-state index contributed by atoms with van der Waals surface area (Å²) in [6.45, 7) is 2.30. The molecular formula is C21H24F2N2O3S. The first kappa shape index (κ1) is 21.4. The van der Waals surface area contributed by atoms with Crippen molar-refractivity contribution in [3.63, 3.8) is 0 Å². The number of benzene rings is 2.